The van der Waals surface area contributed by atoms with Crippen LogP contribution in [0.25, 0.3) is 0 Å². The summed E-state index contributed by atoms with van der Waals surface area (Å²) in [6.07, 6.45) is 11.0. The third-order valence-corrected chi connectivity index (χ3v) is 4.63. The minimum Gasteiger partial charge on any atom is -0.295 e. The Labute approximate surface area is 128 Å². The van der Waals surface area contributed by atoms with Crippen LogP contribution in [0.1, 0.15) is 75.6 Å². The van der Waals surface area contributed by atoms with Crippen LogP contribution in [0.15, 0.2) is 29.2 Å². The zero-order valence-electron chi connectivity index (χ0n) is 13.0. The standard InChI is InChI=1S/C18H28OS/c1-3-4-5-6-7-8-9-10-15-20-18-13-11-17(12-14-18)16(2)19/h11-14H,3-10,15H2,1-2H3. The molecule has 0 aliphatic heterocycles. The lowest BCUT2D eigenvalue weighted by Gasteiger charge is -2.03. The Morgan fingerprint density at radius 2 is 1.45 bits per heavy atom. The van der Waals surface area contributed by atoms with Gasteiger partial charge < -0.3 is 0 Å². The molecule has 0 saturated heterocycles. The highest BCUT2D eigenvalue weighted by molar-refractivity contribution is 7.99. The summed E-state index contributed by atoms with van der Waals surface area (Å²) in [6, 6.07) is 7.98. The molecule has 0 N–H and O–H groups in total. The molecule has 1 rings (SSSR count). The highest BCUT2D eigenvalue weighted by Crippen LogP contribution is 2.20. The van der Waals surface area contributed by atoms with E-state index in [0.29, 0.717) is 0 Å². The van der Waals surface area contributed by atoms with Gasteiger partial charge in [-0.1, -0.05) is 64.0 Å². The third-order valence-electron chi connectivity index (χ3n) is 3.53. The number of Topliss-reactive ketones (excluding diaryl/α,β-unsaturated/α-hetero) is 1. The first-order chi connectivity index (χ1) is 9.74. The maximum atomic E-state index is 11.2. The number of thioether (sulfide) groups is 1. The summed E-state index contributed by atoms with van der Waals surface area (Å²) in [5.41, 5.74) is 0.807. The van der Waals surface area contributed by atoms with Crippen molar-refractivity contribution in [3.63, 3.8) is 0 Å². The topological polar surface area (TPSA) is 17.1 Å². The van der Waals surface area contributed by atoms with Gasteiger partial charge in [0.25, 0.3) is 0 Å². The lowest BCUT2D eigenvalue weighted by molar-refractivity contribution is 0.101. The maximum Gasteiger partial charge on any atom is 0.159 e. The Kier molecular flexibility index (Phi) is 9.48. The van der Waals surface area contributed by atoms with Crippen LogP contribution in [0.3, 0.4) is 0 Å². The second kappa shape index (κ2) is 11.0. The van der Waals surface area contributed by atoms with Crippen molar-refractivity contribution < 1.29 is 4.79 Å². The predicted octanol–water partition coefficient (Wildman–Crippen LogP) is 6.12. The van der Waals surface area contributed by atoms with Crippen LogP contribution in [0, 0.1) is 0 Å². The lowest BCUT2D eigenvalue weighted by Crippen LogP contribution is -1.90. The number of ketones is 1. The summed E-state index contributed by atoms with van der Waals surface area (Å²) in [5, 5.41) is 0. The molecule has 1 nitrogen and oxygen atoms in total. The van der Waals surface area contributed by atoms with E-state index in [1.165, 1.54) is 62.0 Å². The Bertz CT molecular complexity index is 370. The summed E-state index contributed by atoms with van der Waals surface area (Å²) in [7, 11) is 0. The number of hydrogen-bond acceptors (Lipinski definition) is 2. The zero-order valence-corrected chi connectivity index (χ0v) is 13.8. The first kappa shape index (κ1) is 17.3. The number of hydrogen-bond donors (Lipinski definition) is 0. The van der Waals surface area contributed by atoms with Gasteiger partial charge in [-0.15, -0.1) is 11.8 Å². The van der Waals surface area contributed by atoms with Gasteiger partial charge in [-0.25, -0.2) is 0 Å². The molecule has 0 bridgehead atoms. The van der Waals surface area contributed by atoms with Gasteiger partial charge in [0.2, 0.25) is 0 Å². The molecule has 1 aromatic carbocycles. The molecule has 112 valence electrons. The van der Waals surface area contributed by atoms with Crippen molar-refractivity contribution in [1.29, 1.82) is 0 Å². The van der Waals surface area contributed by atoms with Crippen LogP contribution in [0.4, 0.5) is 0 Å². The first-order valence-corrected chi connectivity index (χ1v) is 8.96. The van der Waals surface area contributed by atoms with Crippen LogP contribution in [0.2, 0.25) is 0 Å². The number of rotatable bonds is 11. The van der Waals surface area contributed by atoms with E-state index < -0.39 is 0 Å². The first-order valence-electron chi connectivity index (χ1n) is 7.98. The average Bonchev–Trinajstić information content (AvgIpc) is 2.46. The van der Waals surface area contributed by atoms with E-state index in [9.17, 15) is 4.79 Å². The Balaban J connectivity index is 2.02. The van der Waals surface area contributed by atoms with Crippen molar-refractivity contribution in [2.45, 2.75) is 70.1 Å². The van der Waals surface area contributed by atoms with Gasteiger partial charge in [0.05, 0.1) is 0 Å². The number of unbranched alkanes of at least 4 members (excludes halogenated alkanes) is 7. The van der Waals surface area contributed by atoms with Gasteiger partial charge in [-0.05, 0) is 31.2 Å². The van der Waals surface area contributed by atoms with Crippen LogP contribution in [-0.2, 0) is 0 Å². The zero-order chi connectivity index (χ0) is 14.6. The minimum absolute atomic E-state index is 0.143. The molecule has 0 amide bonds. The quantitative estimate of drug-likeness (QED) is 0.277. The lowest BCUT2D eigenvalue weighted by atomic mass is 10.1. The third kappa shape index (κ3) is 7.74. The fraction of sp³-hybridized carbons (Fsp3) is 0.611. The van der Waals surface area contributed by atoms with Crippen molar-refractivity contribution in [1.82, 2.24) is 0 Å². The van der Waals surface area contributed by atoms with Crippen LogP contribution >= 0.6 is 11.8 Å². The molecule has 0 saturated carbocycles. The van der Waals surface area contributed by atoms with E-state index in [0.717, 1.165) is 5.56 Å². The highest BCUT2D eigenvalue weighted by atomic mass is 32.2. The van der Waals surface area contributed by atoms with E-state index in [4.69, 9.17) is 0 Å². The van der Waals surface area contributed by atoms with E-state index >= 15 is 0 Å². The second-order valence-corrected chi connectivity index (χ2v) is 6.57. The monoisotopic (exact) mass is 292 g/mol. The average molecular weight is 292 g/mol. The van der Waals surface area contributed by atoms with Crippen molar-refractivity contribution in [3.8, 4) is 0 Å². The number of benzene rings is 1. The van der Waals surface area contributed by atoms with Crippen LogP contribution < -0.4 is 0 Å². The summed E-state index contributed by atoms with van der Waals surface area (Å²) in [4.78, 5) is 12.5. The van der Waals surface area contributed by atoms with E-state index in [1.54, 1.807) is 6.92 Å². The molecule has 0 radical (unpaired) electrons. The van der Waals surface area contributed by atoms with Crippen molar-refractivity contribution in [3.05, 3.63) is 29.8 Å². The summed E-state index contributed by atoms with van der Waals surface area (Å²) < 4.78 is 0. The molecule has 0 aliphatic carbocycles. The molecular formula is C18H28OS. The SMILES string of the molecule is CCCCCCCCCCSc1ccc(C(C)=O)cc1. The Hall–Kier alpha value is -0.760. The molecule has 20 heavy (non-hydrogen) atoms. The second-order valence-electron chi connectivity index (χ2n) is 5.40. The van der Waals surface area contributed by atoms with Crippen LogP contribution in [-0.4, -0.2) is 11.5 Å². The number of carbonyl (C=O) groups excluding carboxylic acids is 1. The number of carbonyl (C=O) groups is 1. The summed E-state index contributed by atoms with van der Waals surface area (Å²) >= 11 is 1.90. The van der Waals surface area contributed by atoms with E-state index in [1.807, 2.05) is 23.9 Å². The fourth-order valence-electron chi connectivity index (χ4n) is 2.21. The molecule has 0 fully saturated rings. The van der Waals surface area contributed by atoms with Gasteiger partial charge in [-0.3, -0.25) is 4.79 Å². The molecule has 0 aromatic heterocycles. The normalized spacial score (nSPS) is 10.7. The smallest absolute Gasteiger partial charge is 0.159 e. The van der Waals surface area contributed by atoms with E-state index in [-0.39, 0.29) is 5.78 Å². The fourth-order valence-corrected chi connectivity index (χ4v) is 3.12. The molecule has 1 aromatic rings. The van der Waals surface area contributed by atoms with Crippen LogP contribution in [0.5, 0.6) is 0 Å². The van der Waals surface area contributed by atoms with Gasteiger partial charge in [0.1, 0.15) is 0 Å². The Morgan fingerprint density at radius 1 is 0.900 bits per heavy atom. The van der Waals surface area contributed by atoms with Crippen molar-refractivity contribution in [2.75, 3.05) is 5.75 Å². The molecule has 2 heteroatoms. The van der Waals surface area contributed by atoms with E-state index in [2.05, 4.69) is 19.1 Å². The minimum atomic E-state index is 0.143. The predicted molar refractivity (Wildman–Crippen MR) is 89.8 cm³/mol. The molecule has 0 unspecified atom stereocenters. The Morgan fingerprint density at radius 3 is 2.00 bits per heavy atom. The largest absolute Gasteiger partial charge is 0.295 e. The summed E-state index contributed by atoms with van der Waals surface area (Å²) in [6.45, 7) is 3.88. The van der Waals surface area contributed by atoms with Gasteiger partial charge in [0, 0.05) is 10.5 Å². The highest BCUT2D eigenvalue weighted by Gasteiger charge is 1.99. The van der Waals surface area contributed by atoms with Gasteiger partial charge >= 0.3 is 0 Å². The summed E-state index contributed by atoms with van der Waals surface area (Å²) in [5.74, 6) is 1.33. The molecule has 0 spiro atoms. The van der Waals surface area contributed by atoms with Crippen molar-refractivity contribution in [2.24, 2.45) is 0 Å². The molecule has 0 atom stereocenters. The maximum absolute atomic E-state index is 11.2. The molecular weight excluding hydrogens is 264 g/mol. The van der Waals surface area contributed by atoms with Gasteiger partial charge in [0.15, 0.2) is 5.78 Å². The molecule has 0 heterocycles. The van der Waals surface area contributed by atoms with Crippen molar-refractivity contribution >= 4 is 17.5 Å². The van der Waals surface area contributed by atoms with Gasteiger partial charge in [-0.2, -0.15) is 0 Å². The molecule has 0 aliphatic rings.